The van der Waals surface area contributed by atoms with E-state index in [2.05, 4.69) is 16.6 Å². The Kier molecular flexibility index (Phi) is 3.71. The van der Waals surface area contributed by atoms with Crippen molar-refractivity contribution >= 4 is 5.97 Å². The van der Waals surface area contributed by atoms with Crippen molar-refractivity contribution in [1.82, 2.24) is 5.32 Å². The van der Waals surface area contributed by atoms with Crippen molar-refractivity contribution in [3.63, 3.8) is 0 Å². The molecule has 3 nitrogen and oxygen atoms in total. The molecule has 1 unspecified atom stereocenters. The van der Waals surface area contributed by atoms with Crippen molar-refractivity contribution in [3.05, 3.63) is 12.7 Å². The van der Waals surface area contributed by atoms with E-state index in [1.165, 1.54) is 0 Å². The molecule has 9 heavy (non-hydrogen) atoms. The number of rotatable bonds is 3. The third-order valence-corrected chi connectivity index (χ3v) is 0.866. The summed E-state index contributed by atoms with van der Waals surface area (Å²) in [5, 5.41) is 2.74. The summed E-state index contributed by atoms with van der Waals surface area (Å²) in [4.78, 5) is 10.4. The number of hydrogen-bond donors (Lipinski definition) is 1. The van der Waals surface area contributed by atoms with Crippen LogP contribution in [0.5, 0.6) is 0 Å². The first-order valence-corrected chi connectivity index (χ1v) is 2.71. The Labute approximate surface area is 54.7 Å². The second-order valence-electron chi connectivity index (χ2n) is 1.57. The van der Waals surface area contributed by atoms with Crippen molar-refractivity contribution in [2.75, 3.05) is 7.05 Å². The lowest BCUT2D eigenvalue weighted by molar-refractivity contribution is -0.143. The summed E-state index contributed by atoms with van der Waals surface area (Å²) in [5.74, 6) is -0.406. The van der Waals surface area contributed by atoms with Gasteiger partial charge in [0, 0.05) is 6.08 Å². The zero-order valence-electron chi connectivity index (χ0n) is 5.68. The van der Waals surface area contributed by atoms with E-state index in [0.29, 0.717) is 0 Å². The van der Waals surface area contributed by atoms with E-state index >= 15 is 0 Å². The van der Waals surface area contributed by atoms with Gasteiger partial charge in [0.25, 0.3) is 0 Å². The lowest BCUT2D eigenvalue weighted by Crippen LogP contribution is -2.26. The van der Waals surface area contributed by atoms with Crippen LogP contribution in [-0.2, 0) is 9.53 Å². The summed E-state index contributed by atoms with van der Waals surface area (Å²) >= 11 is 0. The van der Waals surface area contributed by atoms with Crippen molar-refractivity contribution in [3.8, 4) is 0 Å². The number of nitrogens with one attached hydrogen (secondary N) is 1. The van der Waals surface area contributed by atoms with E-state index in [1.807, 2.05) is 0 Å². The Bertz CT molecular complexity index is 112. The molecule has 0 aromatic carbocycles. The van der Waals surface area contributed by atoms with Crippen LogP contribution in [0.2, 0.25) is 0 Å². The SMILES string of the molecule is C=CC(=O)OC(C)NC. The summed E-state index contributed by atoms with van der Waals surface area (Å²) in [6.45, 7) is 4.98. The topological polar surface area (TPSA) is 38.3 Å². The van der Waals surface area contributed by atoms with Crippen LogP contribution >= 0.6 is 0 Å². The van der Waals surface area contributed by atoms with E-state index in [0.717, 1.165) is 6.08 Å². The molecule has 1 N–H and O–H groups in total. The molecule has 0 saturated heterocycles. The summed E-state index contributed by atoms with van der Waals surface area (Å²) in [5.41, 5.74) is 0. The maximum atomic E-state index is 10.4. The summed E-state index contributed by atoms with van der Waals surface area (Å²) in [6, 6.07) is 0. The van der Waals surface area contributed by atoms with Gasteiger partial charge in [0.2, 0.25) is 0 Å². The maximum Gasteiger partial charge on any atom is 0.331 e. The second-order valence-corrected chi connectivity index (χ2v) is 1.57. The molecule has 0 fully saturated rings. The fourth-order valence-electron chi connectivity index (χ4n) is 0.281. The first kappa shape index (κ1) is 8.17. The summed E-state index contributed by atoms with van der Waals surface area (Å²) in [7, 11) is 1.71. The fraction of sp³-hybridized carbons (Fsp3) is 0.500. The van der Waals surface area contributed by atoms with Crippen LogP contribution in [0.1, 0.15) is 6.92 Å². The highest BCUT2D eigenvalue weighted by Crippen LogP contribution is 1.84. The molecule has 0 spiro atoms. The Morgan fingerprint density at radius 1 is 1.89 bits per heavy atom. The minimum absolute atomic E-state index is 0.240. The number of esters is 1. The van der Waals surface area contributed by atoms with Crippen LogP contribution < -0.4 is 5.32 Å². The molecule has 0 amide bonds. The third-order valence-electron chi connectivity index (χ3n) is 0.866. The van der Waals surface area contributed by atoms with Crippen molar-refractivity contribution in [2.24, 2.45) is 0 Å². The van der Waals surface area contributed by atoms with Gasteiger partial charge in [0.1, 0.15) is 0 Å². The molecule has 0 rings (SSSR count). The third kappa shape index (κ3) is 3.73. The van der Waals surface area contributed by atoms with E-state index in [9.17, 15) is 4.79 Å². The molecule has 0 aromatic heterocycles. The zero-order chi connectivity index (χ0) is 7.28. The highest BCUT2D eigenvalue weighted by molar-refractivity contribution is 5.81. The number of carbonyl (C=O) groups is 1. The molecular weight excluding hydrogens is 118 g/mol. The van der Waals surface area contributed by atoms with Gasteiger partial charge >= 0.3 is 5.97 Å². The molecule has 0 bridgehead atoms. The predicted octanol–water partition coefficient (Wildman–Crippen LogP) is 0.281. The van der Waals surface area contributed by atoms with Gasteiger partial charge in [-0.15, -0.1) is 0 Å². The largest absolute Gasteiger partial charge is 0.444 e. The van der Waals surface area contributed by atoms with E-state index in [-0.39, 0.29) is 6.23 Å². The Morgan fingerprint density at radius 2 is 2.44 bits per heavy atom. The van der Waals surface area contributed by atoms with Crippen LogP contribution in [0, 0.1) is 0 Å². The first-order valence-electron chi connectivity index (χ1n) is 2.71. The smallest absolute Gasteiger partial charge is 0.331 e. The number of carbonyl (C=O) groups excluding carboxylic acids is 1. The normalized spacial score (nSPS) is 12.2. The minimum atomic E-state index is -0.406. The average molecular weight is 129 g/mol. The van der Waals surface area contributed by atoms with Gasteiger partial charge in [0.15, 0.2) is 6.23 Å². The molecule has 0 radical (unpaired) electrons. The molecule has 0 heterocycles. The van der Waals surface area contributed by atoms with Crippen LogP contribution in [0.4, 0.5) is 0 Å². The number of ether oxygens (including phenoxy) is 1. The monoisotopic (exact) mass is 129 g/mol. The van der Waals surface area contributed by atoms with Crippen LogP contribution in [0.25, 0.3) is 0 Å². The standard InChI is InChI=1S/C6H11NO2/c1-4-6(8)9-5(2)7-3/h4-5,7H,1H2,2-3H3. The summed E-state index contributed by atoms with van der Waals surface area (Å²) < 4.78 is 4.68. The molecule has 1 atom stereocenters. The van der Waals surface area contributed by atoms with E-state index in [4.69, 9.17) is 0 Å². The minimum Gasteiger partial charge on any atom is -0.444 e. The molecule has 0 aromatic rings. The average Bonchev–Trinajstić information content (AvgIpc) is 1.87. The maximum absolute atomic E-state index is 10.4. The first-order chi connectivity index (χ1) is 4.20. The second kappa shape index (κ2) is 4.09. The van der Waals surface area contributed by atoms with Gasteiger partial charge < -0.3 is 4.74 Å². The lowest BCUT2D eigenvalue weighted by atomic mass is 10.6. The van der Waals surface area contributed by atoms with E-state index in [1.54, 1.807) is 14.0 Å². The van der Waals surface area contributed by atoms with Crippen molar-refractivity contribution in [1.29, 1.82) is 0 Å². The molecule has 0 aliphatic rings. The Hall–Kier alpha value is -0.830. The quantitative estimate of drug-likeness (QED) is 0.338. The Balaban J connectivity index is 3.46. The highest BCUT2D eigenvalue weighted by Gasteiger charge is 2.00. The van der Waals surface area contributed by atoms with Crippen molar-refractivity contribution in [2.45, 2.75) is 13.2 Å². The molecule has 0 aliphatic heterocycles. The fourth-order valence-corrected chi connectivity index (χ4v) is 0.281. The van der Waals surface area contributed by atoms with Gasteiger partial charge in [-0.05, 0) is 14.0 Å². The van der Waals surface area contributed by atoms with Crippen LogP contribution in [-0.4, -0.2) is 19.2 Å². The summed E-state index contributed by atoms with van der Waals surface area (Å²) in [6.07, 6.45) is 0.892. The lowest BCUT2D eigenvalue weighted by Gasteiger charge is -2.08. The van der Waals surface area contributed by atoms with Gasteiger partial charge in [-0.3, -0.25) is 5.32 Å². The van der Waals surface area contributed by atoms with Gasteiger partial charge in [-0.25, -0.2) is 4.79 Å². The van der Waals surface area contributed by atoms with Gasteiger partial charge in [-0.2, -0.15) is 0 Å². The molecular formula is C6H11NO2. The van der Waals surface area contributed by atoms with Crippen LogP contribution in [0.3, 0.4) is 0 Å². The van der Waals surface area contributed by atoms with Crippen molar-refractivity contribution < 1.29 is 9.53 Å². The zero-order valence-corrected chi connectivity index (χ0v) is 5.68. The molecule has 3 heteroatoms. The Morgan fingerprint density at radius 3 is 2.78 bits per heavy atom. The number of hydrogen-bond acceptors (Lipinski definition) is 3. The molecule has 0 aliphatic carbocycles. The predicted molar refractivity (Wildman–Crippen MR) is 34.8 cm³/mol. The molecule has 0 saturated carbocycles. The van der Waals surface area contributed by atoms with E-state index < -0.39 is 5.97 Å². The van der Waals surface area contributed by atoms with Crippen LogP contribution in [0.15, 0.2) is 12.7 Å². The highest BCUT2D eigenvalue weighted by atomic mass is 16.6. The van der Waals surface area contributed by atoms with Gasteiger partial charge in [0.05, 0.1) is 0 Å². The molecule has 52 valence electrons. The van der Waals surface area contributed by atoms with Gasteiger partial charge in [-0.1, -0.05) is 6.58 Å².